The number of nitrogens with zero attached hydrogens (tertiary/aromatic N) is 1. The first-order chi connectivity index (χ1) is 11.7. The second-order valence-electron chi connectivity index (χ2n) is 4.74. The third-order valence-corrected chi connectivity index (χ3v) is 4.10. The van der Waals surface area contributed by atoms with Gasteiger partial charge in [-0.05, 0) is 30.3 Å². The minimum atomic E-state index is -2.01. The molecular formula is C15H10BrCl3N2O4. The fraction of sp³-hybridized carbons (Fsp3) is 0.133. The summed E-state index contributed by atoms with van der Waals surface area (Å²) >= 11 is 20.9. The zero-order chi connectivity index (χ0) is 18.6. The highest BCUT2D eigenvalue weighted by Gasteiger charge is 2.37. The number of hydrogen-bond donors (Lipinski definition) is 1. The van der Waals surface area contributed by atoms with Gasteiger partial charge >= 0.3 is 0 Å². The van der Waals surface area contributed by atoms with Gasteiger partial charge in [0.15, 0.2) is 0 Å². The largest absolute Gasteiger partial charge is 0.466 e. The van der Waals surface area contributed by atoms with Crippen LogP contribution in [0.3, 0.4) is 0 Å². The zero-order valence-corrected chi connectivity index (χ0v) is 16.1. The van der Waals surface area contributed by atoms with Crippen LogP contribution in [0.1, 0.15) is 10.4 Å². The number of ether oxygens (including phenoxy) is 1. The molecule has 2 rings (SSSR count). The predicted molar refractivity (Wildman–Crippen MR) is 99.4 cm³/mol. The predicted octanol–water partition coefficient (Wildman–Crippen LogP) is 4.86. The summed E-state index contributed by atoms with van der Waals surface area (Å²) in [5, 5.41) is 13.4. The Labute approximate surface area is 166 Å². The van der Waals surface area contributed by atoms with E-state index in [1.165, 1.54) is 24.3 Å². The molecule has 0 aromatic heterocycles. The summed E-state index contributed by atoms with van der Waals surface area (Å²) in [6.07, 6.45) is -1.37. The molecule has 0 fully saturated rings. The average Bonchev–Trinajstić information content (AvgIpc) is 2.55. The van der Waals surface area contributed by atoms with Gasteiger partial charge in [0, 0.05) is 10.5 Å². The van der Waals surface area contributed by atoms with Gasteiger partial charge in [-0.3, -0.25) is 14.9 Å². The van der Waals surface area contributed by atoms with Crippen molar-refractivity contribution in [3.8, 4) is 5.75 Å². The summed E-state index contributed by atoms with van der Waals surface area (Å²) in [5.41, 5.74) is -0.544. The fourth-order valence-electron chi connectivity index (χ4n) is 1.85. The number of alkyl halides is 3. The Hall–Kier alpha value is -1.54. The van der Waals surface area contributed by atoms with Crippen molar-refractivity contribution >= 4 is 62.3 Å². The van der Waals surface area contributed by atoms with Crippen molar-refractivity contribution in [1.29, 1.82) is 0 Å². The molecule has 0 heterocycles. The molecule has 6 nitrogen and oxygen atoms in total. The minimum absolute atomic E-state index is 0.175. The van der Waals surface area contributed by atoms with E-state index in [4.69, 9.17) is 39.5 Å². The first-order valence-electron chi connectivity index (χ1n) is 6.71. The van der Waals surface area contributed by atoms with Gasteiger partial charge in [-0.1, -0.05) is 62.9 Å². The lowest BCUT2D eigenvalue weighted by Crippen LogP contribution is -2.47. The van der Waals surface area contributed by atoms with E-state index in [9.17, 15) is 14.9 Å². The maximum absolute atomic E-state index is 12.4. The molecule has 0 aliphatic rings. The summed E-state index contributed by atoms with van der Waals surface area (Å²) in [6.45, 7) is 0. The van der Waals surface area contributed by atoms with E-state index < -0.39 is 20.9 Å². The van der Waals surface area contributed by atoms with Crippen LogP contribution in [0, 0.1) is 10.1 Å². The Bertz CT molecular complexity index is 781. The zero-order valence-electron chi connectivity index (χ0n) is 12.3. The van der Waals surface area contributed by atoms with Crippen molar-refractivity contribution in [2.24, 2.45) is 0 Å². The van der Waals surface area contributed by atoms with Crippen molar-refractivity contribution in [2.45, 2.75) is 10.0 Å². The van der Waals surface area contributed by atoms with Crippen molar-refractivity contribution in [3.05, 3.63) is 68.7 Å². The molecule has 0 spiro atoms. The van der Waals surface area contributed by atoms with Gasteiger partial charge in [0.05, 0.1) is 4.92 Å². The number of carbonyl (C=O) groups is 1. The molecule has 1 atom stereocenters. The molecule has 1 amide bonds. The second-order valence-corrected chi connectivity index (χ2v) is 8.03. The third kappa shape index (κ3) is 5.47. The molecule has 132 valence electrons. The molecule has 0 radical (unpaired) electrons. The maximum atomic E-state index is 12.4. The quantitative estimate of drug-likeness (QED) is 0.294. The smallest absolute Gasteiger partial charge is 0.282 e. The van der Waals surface area contributed by atoms with Crippen molar-refractivity contribution < 1.29 is 14.5 Å². The SMILES string of the molecule is O=C(NC(Oc1ccc(Br)cc1)C(Cl)(Cl)Cl)c1ccccc1[N+](=O)[O-]. The molecule has 1 unspecified atom stereocenters. The minimum Gasteiger partial charge on any atom is -0.466 e. The van der Waals surface area contributed by atoms with Crippen LogP contribution >= 0.6 is 50.7 Å². The molecular weight excluding hydrogens is 458 g/mol. The number of nitro groups is 1. The van der Waals surface area contributed by atoms with E-state index in [-0.39, 0.29) is 11.3 Å². The van der Waals surface area contributed by atoms with E-state index in [2.05, 4.69) is 21.2 Å². The van der Waals surface area contributed by atoms with Crippen LogP contribution in [-0.2, 0) is 0 Å². The number of nitrogens with one attached hydrogen (secondary N) is 1. The highest BCUT2D eigenvalue weighted by Crippen LogP contribution is 2.32. The Morgan fingerprint density at radius 3 is 2.32 bits per heavy atom. The molecule has 0 aliphatic carbocycles. The monoisotopic (exact) mass is 466 g/mol. The van der Waals surface area contributed by atoms with E-state index in [1.807, 2.05) is 0 Å². The lowest BCUT2D eigenvalue weighted by atomic mass is 10.1. The van der Waals surface area contributed by atoms with Gasteiger partial charge in [0.1, 0.15) is 11.3 Å². The first-order valence-corrected chi connectivity index (χ1v) is 8.64. The Morgan fingerprint density at radius 2 is 1.76 bits per heavy atom. The van der Waals surface area contributed by atoms with Crippen LogP contribution in [0.25, 0.3) is 0 Å². The van der Waals surface area contributed by atoms with Gasteiger partial charge in [-0.25, -0.2) is 0 Å². The maximum Gasteiger partial charge on any atom is 0.282 e. The van der Waals surface area contributed by atoms with Crippen LogP contribution in [0.2, 0.25) is 0 Å². The van der Waals surface area contributed by atoms with E-state index in [0.29, 0.717) is 5.75 Å². The standard InChI is InChI=1S/C15H10BrCl3N2O4/c16-9-5-7-10(8-6-9)25-14(15(17,18)19)20-13(22)11-3-1-2-4-12(11)21(23)24/h1-8,14H,(H,20,22). The summed E-state index contributed by atoms with van der Waals surface area (Å²) in [5.74, 6) is -0.469. The van der Waals surface area contributed by atoms with Crippen LogP contribution in [0.5, 0.6) is 5.75 Å². The summed E-state index contributed by atoms with van der Waals surface area (Å²) in [6, 6.07) is 12.0. The summed E-state index contributed by atoms with van der Waals surface area (Å²) in [7, 11) is 0. The number of hydrogen-bond acceptors (Lipinski definition) is 4. The molecule has 10 heteroatoms. The van der Waals surface area contributed by atoms with E-state index in [1.54, 1.807) is 24.3 Å². The first kappa shape index (κ1) is 19.8. The highest BCUT2D eigenvalue weighted by molar-refractivity contribution is 9.10. The van der Waals surface area contributed by atoms with E-state index >= 15 is 0 Å². The number of halogens is 4. The lowest BCUT2D eigenvalue weighted by molar-refractivity contribution is -0.385. The highest BCUT2D eigenvalue weighted by atomic mass is 79.9. The molecule has 25 heavy (non-hydrogen) atoms. The normalized spacial score (nSPS) is 12.3. The molecule has 0 saturated heterocycles. The van der Waals surface area contributed by atoms with Gasteiger partial charge in [-0.15, -0.1) is 0 Å². The molecule has 2 aromatic rings. The van der Waals surface area contributed by atoms with Crippen molar-refractivity contribution in [3.63, 3.8) is 0 Å². The summed E-state index contributed by atoms with van der Waals surface area (Å²) < 4.78 is 4.31. The van der Waals surface area contributed by atoms with E-state index in [0.717, 1.165) is 4.47 Å². The average molecular weight is 469 g/mol. The van der Waals surface area contributed by atoms with Crippen LogP contribution in [-0.4, -0.2) is 20.9 Å². The van der Waals surface area contributed by atoms with Gasteiger partial charge < -0.3 is 10.1 Å². The molecule has 2 aromatic carbocycles. The second kappa shape index (κ2) is 8.23. The number of para-hydroxylation sites is 1. The topological polar surface area (TPSA) is 81.5 Å². The van der Waals surface area contributed by atoms with Crippen LogP contribution in [0.4, 0.5) is 5.69 Å². The lowest BCUT2D eigenvalue weighted by Gasteiger charge is -2.26. The molecule has 1 N–H and O–H groups in total. The number of benzene rings is 2. The summed E-state index contributed by atoms with van der Waals surface area (Å²) in [4.78, 5) is 22.8. The third-order valence-electron chi connectivity index (χ3n) is 2.97. The van der Waals surface area contributed by atoms with Crippen molar-refractivity contribution in [2.75, 3.05) is 0 Å². The number of amides is 1. The van der Waals surface area contributed by atoms with Gasteiger partial charge in [-0.2, -0.15) is 0 Å². The van der Waals surface area contributed by atoms with Crippen molar-refractivity contribution in [1.82, 2.24) is 5.32 Å². The van der Waals surface area contributed by atoms with Crippen LogP contribution in [0.15, 0.2) is 53.0 Å². The Kier molecular flexibility index (Phi) is 6.51. The van der Waals surface area contributed by atoms with Gasteiger partial charge in [0.25, 0.3) is 11.6 Å². The number of carbonyl (C=O) groups excluding carboxylic acids is 1. The van der Waals surface area contributed by atoms with Gasteiger partial charge in [0.2, 0.25) is 10.0 Å². The fourth-order valence-corrected chi connectivity index (χ4v) is 2.41. The molecule has 0 bridgehead atoms. The van der Waals surface area contributed by atoms with Crippen LogP contribution < -0.4 is 10.1 Å². The molecule has 0 saturated carbocycles. The Balaban J connectivity index is 2.24. The Morgan fingerprint density at radius 1 is 1.16 bits per heavy atom. The molecule has 0 aliphatic heterocycles. The number of rotatable bonds is 5. The number of nitro benzene ring substituents is 1.